The second-order valence-electron chi connectivity index (χ2n) is 13.2. The third-order valence-electron chi connectivity index (χ3n) is 8.75. The van der Waals surface area contributed by atoms with Crippen LogP contribution in [0, 0.1) is 0 Å². The van der Waals surface area contributed by atoms with Crippen LogP contribution in [0.4, 0.5) is 0 Å². The third kappa shape index (κ3) is 33.3. The van der Waals surface area contributed by atoms with Gasteiger partial charge in [0.2, 0.25) is 0 Å². The Morgan fingerprint density at radius 1 is 0.660 bits per heavy atom. The predicted molar refractivity (Wildman–Crippen MR) is 193 cm³/mol. The zero-order chi connectivity index (χ0) is 34.6. The van der Waals surface area contributed by atoms with Crippen LogP contribution in [0.2, 0.25) is 0 Å². The minimum Gasteiger partial charge on any atom is -0.462 e. The summed E-state index contributed by atoms with van der Waals surface area (Å²) in [5.74, 6) is -0.874. The lowest BCUT2D eigenvalue weighted by atomic mass is 10.0. The average Bonchev–Trinajstić information content (AvgIpc) is 3.06. The molecule has 0 aromatic rings. The molecule has 0 fully saturated rings. The van der Waals surface area contributed by atoms with Crippen molar-refractivity contribution in [3.05, 3.63) is 0 Å². The first-order valence-electron chi connectivity index (χ1n) is 19.5. The maximum atomic E-state index is 12.9. The highest BCUT2D eigenvalue weighted by atomic mass is 31.1. The van der Waals surface area contributed by atoms with Crippen molar-refractivity contribution < 1.29 is 38.2 Å². The van der Waals surface area contributed by atoms with Gasteiger partial charge in [0.15, 0.2) is 6.10 Å². The van der Waals surface area contributed by atoms with E-state index in [4.69, 9.17) is 18.9 Å². The number of rotatable bonds is 37. The number of carbonyl (C=O) groups excluding carboxylic acids is 2. The smallest absolute Gasteiger partial charge is 0.323 e. The summed E-state index contributed by atoms with van der Waals surface area (Å²) in [6, 6.07) is -0.640. The van der Waals surface area contributed by atoms with Crippen LogP contribution in [0.15, 0.2) is 0 Å². The lowest BCUT2D eigenvalue weighted by Crippen LogP contribution is -2.42. The number of unbranched alkanes of at least 4 members (excludes halogenated alkanes) is 23. The van der Waals surface area contributed by atoms with Gasteiger partial charge in [-0.2, -0.15) is 0 Å². The van der Waals surface area contributed by atoms with Crippen LogP contribution in [0.5, 0.6) is 0 Å². The summed E-state index contributed by atoms with van der Waals surface area (Å²) in [5, 5.41) is 12.8. The minimum absolute atomic E-state index is 0.00322. The molecule has 9 nitrogen and oxygen atoms in total. The van der Waals surface area contributed by atoms with Crippen LogP contribution in [-0.2, 0) is 28.2 Å². The molecule has 0 aromatic carbocycles. The van der Waals surface area contributed by atoms with Gasteiger partial charge >= 0.3 is 20.2 Å². The Bertz CT molecular complexity index is 726. The molecule has 0 spiro atoms. The first-order chi connectivity index (χ1) is 22.9. The van der Waals surface area contributed by atoms with Gasteiger partial charge < -0.3 is 29.3 Å². The monoisotopic (exact) mass is 692 g/mol. The van der Waals surface area contributed by atoms with E-state index in [0.29, 0.717) is 12.8 Å². The third-order valence-corrected chi connectivity index (χ3v) is 9.20. The first-order valence-corrected chi connectivity index (χ1v) is 20.8. The molecule has 10 heteroatoms. The summed E-state index contributed by atoms with van der Waals surface area (Å²) in [6.45, 7) is 4.08. The van der Waals surface area contributed by atoms with E-state index in [1.165, 1.54) is 122 Å². The predicted octanol–water partition coefficient (Wildman–Crippen LogP) is 9.36. The molecule has 47 heavy (non-hydrogen) atoms. The molecule has 0 aromatic heterocycles. The summed E-state index contributed by atoms with van der Waals surface area (Å²) in [5.41, 5.74) is 0. The normalized spacial score (nSPS) is 13.4. The Morgan fingerprint density at radius 2 is 1.09 bits per heavy atom. The Morgan fingerprint density at radius 3 is 1.51 bits per heavy atom. The first kappa shape index (κ1) is 46.0. The van der Waals surface area contributed by atoms with Gasteiger partial charge in [0.25, 0.3) is 0 Å². The van der Waals surface area contributed by atoms with Crippen molar-refractivity contribution in [3.63, 3.8) is 0 Å². The summed E-state index contributed by atoms with van der Waals surface area (Å²) in [6.07, 6.45) is 30.6. The van der Waals surface area contributed by atoms with Gasteiger partial charge in [0.1, 0.15) is 12.6 Å². The van der Waals surface area contributed by atoms with E-state index >= 15 is 0 Å². The van der Waals surface area contributed by atoms with E-state index in [-0.39, 0.29) is 25.7 Å². The topological polar surface area (TPSA) is 131 Å². The molecule has 0 saturated carbocycles. The maximum Gasteiger partial charge on any atom is 0.323 e. The van der Waals surface area contributed by atoms with Crippen molar-refractivity contribution in [2.75, 3.05) is 26.4 Å². The highest BCUT2D eigenvalue weighted by molar-refractivity contribution is 7.32. The number of hydrogen-bond acceptors (Lipinski definition) is 8. The molecule has 2 unspecified atom stereocenters. The van der Waals surface area contributed by atoms with Crippen LogP contribution in [0.3, 0.4) is 0 Å². The molecule has 0 aliphatic rings. The van der Waals surface area contributed by atoms with Crippen molar-refractivity contribution in [1.29, 1.82) is 0 Å². The molecule has 0 bridgehead atoms. The molecule has 0 rings (SSSR count). The molecule has 0 aliphatic carbocycles. The molecule has 0 radical (unpaired) electrons. The molecule has 0 amide bonds. The molecule has 0 heterocycles. The number of aliphatic hydroxyl groups is 1. The highest BCUT2D eigenvalue weighted by Crippen LogP contribution is 2.16. The van der Waals surface area contributed by atoms with Crippen LogP contribution in [-0.4, -0.2) is 60.4 Å². The van der Waals surface area contributed by atoms with Crippen molar-refractivity contribution in [3.8, 4) is 0 Å². The number of hydrogen-bond donors (Lipinski definition) is 3. The van der Waals surface area contributed by atoms with E-state index in [2.05, 4.69) is 19.2 Å². The quantitative estimate of drug-likeness (QED) is 0.0331. The second-order valence-corrected chi connectivity index (χ2v) is 14.0. The van der Waals surface area contributed by atoms with Gasteiger partial charge in [-0.1, -0.05) is 168 Å². The standard InChI is InChI=1S/C37H74NO8P/c1-3-5-7-9-11-13-15-17-19-21-23-25-27-29-36(40)44-33-34(32-39)46-37(41)35(38-30-31-45-47(42)43)28-26-24-22-20-18-16-14-12-10-8-6-4-2/h34-35,38-39,47H,3-33H2,1-2H3,(H,42,43)/t34-,35?/m0/s1. The van der Waals surface area contributed by atoms with E-state index in [1.807, 2.05) is 0 Å². The van der Waals surface area contributed by atoms with Gasteiger partial charge in [-0.05, 0) is 12.8 Å². The van der Waals surface area contributed by atoms with Gasteiger partial charge in [-0.15, -0.1) is 0 Å². The minimum atomic E-state index is -3.04. The van der Waals surface area contributed by atoms with Crippen molar-refractivity contribution in [2.45, 2.75) is 199 Å². The second kappa shape index (κ2) is 36.3. The summed E-state index contributed by atoms with van der Waals surface area (Å²) < 4.78 is 26.4. The van der Waals surface area contributed by atoms with Crippen LogP contribution >= 0.6 is 8.25 Å². The fourth-order valence-corrected chi connectivity index (χ4v) is 6.06. The molecule has 0 saturated heterocycles. The molecule has 280 valence electrons. The lowest BCUT2D eigenvalue weighted by molar-refractivity contribution is -0.163. The van der Waals surface area contributed by atoms with Gasteiger partial charge in [0.05, 0.1) is 13.2 Å². The highest BCUT2D eigenvalue weighted by Gasteiger charge is 2.24. The SMILES string of the molecule is CCCCCCCCCCCCCCCC(=O)OC[C@H](CO)OC(=O)C(CCCCCCCCCCCCCC)NCCO[PH](=O)O. The number of ether oxygens (including phenoxy) is 2. The Balaban J connectivity index is 4.19. The summed E-state index contributed by atoms with van der Waals surface area (Å²) >= 11 is 0. The fourth-order valence-electron chi connectivity index (χ4n) is 5.78. The summed E-state index contributed by atoms with van der Waals surface area (Å²) in [7, 11) is -3.04. The number of aliphatic hydroxyl groups excluding tert-OH is 1. The van der Waals surface area contributed by atoms with Crippen molar-refractivity contribution in [2.24, 2.45) is 0 Å². The summed E-state index contributed by atoms with van der Waals surface area (Å²) in [4.78, 5) is 34.1. The molecular weight excluding hydrogens is 617 g/mol. The lowest BCUT2D eigenvalue weighted by Gasteiger charge is -2.21. The Kier molecular flexibility index (Phi) is 35.5. The van der Waals surface area contributed by atoms with E-state index < -0.39 is 33.0 Å². The molecule has 3 atom stereocenters. The Hall–Kier alpha value is -0.990. The zero-order valence-electron chi connectivity index (χ0n) is 30.4. The zero-order valence-corrected chi connectivity index (χ0v) is 31.4. The van der Waals surface area contributed by atoms with Crippen LogP contribution in [0.1, 0.15) is 187 Å². The van der Waals surface area contributed by atoms with Gasteiger partial charge in [-0.3, -0.25) is 14.2 Å². The van der Waals surface area contributed by atoms with Gasteiger partial charge in [-0.25, -0.2) is 0 Å². The van der Waals surface area contributed by atoms with Gasteiger partial charge in [0, 0.05) is 13.0 Å². The maximum absolute atomic E-state index is 12.9. The van der Waals surface area contributed by atoms with Crippen LogP contribution in [0.25, 0.3) is 0 Å². The van der Waals surface area contributed by atoms with Crippen LogP contribution < -0.4 is 5.32 Å². The molecule has 3 N–H and O–H groups in total. The Labute approximate surface area is 289 Å². The van der Waals surface area contributed by atoms with Crippen molar-refractivity contribution >= 4 is 20.2 Å². The average molecular weight is 692 g/mol. The number of esters is 2. The molecule has 0 aliphatic heterocycles. The van der Waals surface area contributed by atoms with E-state index in [9.17, 15) is 19.3 Å². The molecular formula is C37H74NO8P. The van der Waals surface area contributed by atoms with E-state index in [1.54, 1.807) is 0 Å². The number of nitrogens with one attached hydrogen (secondary N) is 1. The van der Waals surface area contributed by atoms with E-state index in [0.717, 1.165) is 38.5 Å². The largest absolute Gasteiger partial charge is 0.462 e. The fraction of sp³-hybridized carbons (Fsp3) is 0.946. The van der Waals surface area contributed by atoms with Crippen molar-refractivity contribution in [1.82, 2.24) is 5.32 Å². The number of carbonyl (C=O) groups is 2.